The summed E-state index contributed by atoms with van der Waals surface area (Å²) in [5.41, 5.74) is 2.31. The highest BCUT2D eigenvalue weighted by molar-refractivity contribution is 9.10. The second-order valence-electron chi connectivity index (χ2n) is 3.72. The van der Waals surface area contributed by atoms with Crippen LogP contribution in [0, 0.1) is 6.92 Å². The molecule has 0 aliphatic carbocycles. The molecule has 1 heterocycles. The van der Waals surface area contributed by atoms with Crippen molar-refractivity contribution >= 4 is 39.1 Å². The molecule has 0 saturated carbocycles. The number of benzene rings is 1. The van der Waals surface area contributed by atoms with Crippen LogP contribution in [0.2, 0.25) is 10.0 Å². The minimum absolute atomic E-state index is 0.508. The lowest BCUT2D eigenvalue weighted by Crippen LogP contribution is -1.95. The molecule has 0 amide bonds. The standard InChI is InChI=1S/C13H10BrCl2NO/c1-7-10(15)6-11(17-13(7)18-2)8-4-3-5-9(14)12(8)16/h3-6H,1-2H3. The molecular formula is C13H10BrCl2NO. The fourth-order valence-corrected chi connectivity index (χ4v) is 2.37. The molecule has 5 heteroatoms. The normalized spacial score (nSPS) is 10.5. The lowest BCUT2D eigenvalue weighted by atomic mass is 10.1. The maximum absolute atomic E-state index is 6.24. The number of halogens is 3. The Labute approximate surface area is 124 Å². The summed E-state index contributed by atoms with van der Waals surface area (Å²) in [5, 5.41) is 1.21. The smallest absolute Gasteiger partial charge is 0.218 e. The quantitative estimate of drug-likeness (QED) is 0.751. The molecule has 1 aromatic carbocycles. The van der Waals surface area contributed by atoms with Crippen LogP contribution in [0.4, 0.5) is 0 Å². The van der Waals surface area contributed by atoms with Crippen LogP contribution < -0.4 is 4.74 Å². The van der Waals surface area contributed by atoms with Gasteiger partial charge in [0.15, 0.2) is 0 Å². The van der Waals surface area contributed by atoms with Crippen LogP contribution in [0.1, 0.15) is 5.56 Å². The van der Waals surface area contributed by atoms with Gasteiger partial charge in [-0.1, -0.05) is 35.3 Å². The lowest BCUT2D eigenvalue weighted by molar-refractivity contribution is 0.395. The summed E-state index contributed by atoms with van der Waals surface area (Å²) < 4.78 is 6.03. The lowest BCUT2D eigenvalue weighted by Gasteiger charge is -2.10. The van der Waals surface area contributed by atoms with Crippen molar-refractivity contribution < 1.29 is 4.74 Å². The molecule has 0 aliphatic rings. The first-order valence-electron chi connectivity index (χ1n) is 5.20. The van der Waals surface area contributed by atoms with E-state index in [4.69, 9.17) is 27.9 Å². The van der Waals surface area contributed by atoms with Crippen molar-refractivity contribution in [1.29, 1.82) is 0 Å². The zero-order chi connectivity index (χ0) is 13.3. The molecule has 18 heavy (non-hydrogen) atoms. The largest absolute Gasteiger partial charge is 0.481 e. The number of pyridine rings is 1. The fourth-order valence-electron chi connectivity index (χ4n) is 1.59. The van der Waals surface area contributed by atoms with Crippen molar-refractivity contribution in [1.82, 2.24) is 4.98 Å². The van der Waals surface area contributed by atoms with Gasteiger partial charge >= 0.3 is 0 Å². The first-order chi connectivity index (χ1) is 8.54. The first kappa shape index (κ1) is 13.7. The van der Waals surface area contributed by atoms with Gasteiger partial charge in [-0.3, -0.25) is 0 Å². The van der Waals surface area contributed by atoms with Gasteiger partial charge in [0.2, 0.25) is 5.88 Å². The number of methoxy groups -OCH3 is 1. The van der Waals surface area contributed by atoms with Gasteiger partial charge in [-0.25, -0.2) is 4.98 Å². The molecule has 2 rings (SSSR count). The van der Waals surface area contributed by atoms with Crippen molar-refractivity contribution in [3.8, 4) is 17.1 Å². The predicted octanol–water partition coefficient (Wildman–Crippen LogP) is 5.13. The Morgan fingerprint density at radius 3 is 2.67 bits per heavy atom. The van der Waals surface area contributed by atoms with Crippen LogP contribution >= 0.6 is 39.1 Å². The molecule has 94 valence electrons. The number of hydrogen-bond donors (Lipinski definition) is 0. The summed E-state index contributed by atoms with van der Waals surface area (Å²) in [6.07, 6.45) is 0. The van der Waals surface area contributed by atoms with Gasteiger partial charge in [0.05, 0.1) is 22.8 Å². The van der Waals surface area contributed by atoms with Crippen LogP contribution in [0.5, 0.6) is 5.88 Å². The number of ether oxygens (including phenoxy) is 1. The highest BCUT2D eigenvalue weighted by Gasteiger charge is 2.13. The molecule has 0 saturated heterocycles. The van der Waals surface area contributed by atoms with Gasteiger partial charge in [-0.2, -0.15) is 0 Å². The topological polar surface area (TPSA) is 22.1 Å². The molecule has 0 spiro atoms. The fraction of sp³-hybridized carbons (Fsp3) is 0.154. The highest BCUT2D eigenvalue weighted by Crippen LogP contribution is 2.36. The number of hydrogen-bond acceptors (Lipinski definition) is 2. The van der Waals surface area contributed by atoms with Crippen molar-refractivity contribution in [2.24, 2.45) is 0 Å². The van der Waals surface area contributed by atoms with E-state index >= 15 is 0 Å². The summed E-state index contributed by atoms with van der Waals surface area (Å²) in [6.45, 7) is 1.86. The van der Waals surface area contributed by atoms with Gasteiger partial charge in [-0.15, -0.1) is 0 Å². The maximum Gasteiger partial charge on any atom is 0.218 e. The van der Waals surface area contributed by atoms with E-state index in [1.54, 1.807) is 13.2 Å². The van der Waals surface area contributed by atoms with Gasteiger partial charge in [0.1, 0.15) is 0 Å². The van der Waals surface area contributed by atoms with E-state index in [2.05, 4.69) is 20.9 Å². The monoisotopic (exact) mass is 345 g/mol. The average molecular weight is 347 g/mol. The third-order valence-electron chi connectivity index (χ3n) is 2.59. The first-order valence-corrected chi connectivity index (χ1v) is 6.75. The van der Waals surface area contributed by atoms with Gasteiger partial charge in [0, 0.05) is 15.6 Å². The number of aromatic nitrogens is 1. The molecule has 0 fully saturated rings. The van der Waals surface area contributed by atoms with Crippen molar-refractivity contribution in [3.05, 3.63) is 44.3 Å². The Kier molecular flexibility index (Phi) is 4.15. The Morgan fingerprint density at radius 2 is 2.00 bits per heavy atom. The van der Waals surface area contributed by atoms with E-state index in [9.17, 15) is 0 Å². The minimum Gasteiger partial charge on any atom is -0.481 e. The third kappa shape index (κ3) is 2.48. The number of rotatable bonds is 2. The Balaban J connectivity index is 2.64. The van der Waals surface area contributed by atoms with Crippen LogP contribution in [0.3, 0.4) is 0 Å². The van der Waals surface area contributed by atoms with Gasteiger partial charge < -0.3 is 4.74 Å². The summed E-state index contributed by atoms with van der Waals surface area (Å²) in [6, 6.07) is 7.44. The Bertz CT molecular complexity index is 602. The third-order valence-corrected chi connectivity index (χ3v) is 4.27. The van der Waals surface area contributed by atoms with Crippen LogP contribution in [0.25, 0.3) is 11.3 Å². The summed E-state index contributed by atoms with van der Waals surface area (Å²) >= 11 is 15.8. The van der Waals surface area contributed by atoms with E-state index in [-0.39, 0.29) is 0 Å². The Morgan fingerprint density at radius 1 is 1.28 bits per heavy atom. The molecule has 0 atom stereocenters. The second kappa shape index (κ2) is 5.47. The van der Waals surface area contributed by atoms with Crippen molar-refractivity contribution in [2.75, 3.05) is 7.11 Å². The Hall–Kier alpha value is -0.770. The molecule has 0 aliphatic heterocycles. The SMILES string of the molecule is COc1nc(-c2cccc(Br)c2Cl)cc(Cl)c1C. The van der Waals surface area contributed by atoms with E-state index < -0.39 is 0 Å². The van der Waals surface area contributed by atoms with Gasteiger partial charge in [0.25, 0.3) is 0 Å². The van der Waals surface area contributed by atoms with Crippen LogP contribution in [0.15, 0.2) is 28.7 Å². The van der Waals surface area contributed by atoms with Gasteiger partial charge in [-0.05, 0) is 35.0 Å². The molecule has 1 aromatic heterocycles. The summed E-state index contributed by atoms with van der Waals surface area (Å²) in [5.74, 6) is 0.508. The summed E-state index contributed by atoms with van der Waals surface area (Å²) in [4.78, 5) is 4.41. The van der Waals surface area contributed by atoms with E-state index in [0.29, 0.717) is 21.6 Å². The van der Waals surface area contributed by atoms with Crippen molar-refractivity contribution in [3.63, 3.8) is 0 Å². The molecule has 0 radical (unpaired) electrons. The van der Waals surface area contributed by atoms with Crippen LogP contribution in [-0.4, -0.2) is 12.1 Å². The zero-order valence-corrected chi connectivity index (χ0v) is 12.9. The molecule has 0 unspecified atom stereocenters. The maximum atomic E-state index is 6.24. The average Bonchev–Trinajstić information content (AvgIpc) is 2.36. The zero-order valence-electron chi connectivity index (χ0n) is 9.80. The van der Waals surface area contributed by atoms with E-state index in [1.165, 1.54) is 0 Å². The second-order valence-corrected chi connectivity index (χ2v) is 5.36. The minimum atomic E-state index is 0.508. The summed E-state index contributed by atoms with van der Waals surface area (Å²) in [7, 11) is 1.57. The molecule has 2 aromatic rings. The molecular weight excluding hydrogens is 337 g/mol. The predicted molar refractivity (Wildman–Crippen MR) is 78.7 cm³/mol. The molecule has 0 bridgehead atoms. The molecule has 2 nitrogen and oxygen atoms in total. The van der Waals surface area contributed by atoms with E-state index in [0.717, 1.165) is 15.6 Å². The highest BCUT2D eigenvalue weighted by atomic mass is 79.9. The number of nitrogens with zero attached hydrogens (tertiary/aromatic N) is 1. The van der Waals surface area contributed by atoms with Crippen LogP contribution in [-0.2, 0) is 0 Å². The molecule has 0 N–H and O–H groups in total. The van der Waals surface area contributed by atoms with E-state index in [1.807, 2.05) is 25.1 Å². The van der Waals surface area contributed by atoms with Crippen molar-refractivity contribution in [2.45, 2.75) is 6.92 Å².